The van der Waals surface area contributed by atoms with E-state index in [0.29, 0.717) is 43.8 Å². The molecule has 0 radical (unpaired) electrons. The first-order chi connectivity index (χ1) is 12.0. The third-order valence-electron chi connectivity index (χ3n) is 3.90. The molecule has 1 fully saturated rings. The first-order valence-electron chi connectivity index (χ1n) is 8.21. The molecule has 0 bridgehead atoms. The van der Waals surface area contributed by atoms with Crippen LogP contribution in [-0.4, -0.2) is 55.8 Å². The van der Waals surface area contributed by atoms with Crippen LogP contribution in [0.5, 0.6) is 0 Å². The number of carbonyl (C=O) groups is 3. The molecule has 2 N–H and O–H groups in total. The van der Waals surface area contributed by atoms with Gasteiger partial charge in [-0.15, -0.1) is 0 Å². The number of anilines is 1. The van der Waals surface area contributed by atoms with Gasteiger partial charge in [-0.25, -0.2) is 14.4 Å². The van der Waals surface area contributed by atoms with E-state index in [1.54, 1.807) is 36.1 Å². The van der Waals surface area contributed by atoms with E-state index in [2.05, 4.69) is 15.4 Å². The number of nitrogens with zero attached hydrogens (tertiary/aromatic N) is 1. The largest absolute Gasteiger partial charge is 0.465 e. The third-order valence-corrected chi connectivity index (χ3v) is 3.90. The van der Waals surface area contributed by atoms with E-state index in [4.69, 9.17) is 4.74 Å². The summed E-state index contributed by atoms with van der Waals surface area (Å²) in [4.78, 5) is 36.9. The summed E-state index contributed by atoms with van der Waals surface area (Å²) in [5.74, 6) is -0.463. The van der Waals surface area contributed by atoms with Crippen molar-refractivity contribution in [2.24, 2.45) is 0 Å². The van der Waals surface area contributed by atoms with Gasteiger partial charge in [0.2, 0.25) is 0 Å². The molecule has 0 spiro atoms. The lowest BCUT2D eigenvalue weighted by Crippen LogP contribution is -2.47. The maximum Gasteiger partial charge on any atom is 0.409 e. The van der Waals surface area contributed by atoms with Gasteiger partial charge in [0.25, 0.3) is 0 Å². The Hall–Kier alpha value is -2.77. The molecule has 136 valence electrons. The number of esters is 1. The molecule has 25 heavy (non-hydrogen) atoms. The van der Waals surface area contributed by atoms with Crippen LogP contribution in [0.25, 0.3) is 0 Å². The summed E-state index contributed by atoms with van der Waals surface area (Å²) >= 11 is 0. The van der Waals surface area contributed by atoms with E-state index >= 15 is 0 Å². The van der Waals surface area contributed by atoms with Gasteiger partial charge in [-0.2, -0.15) is 0 Å². The van der Waals surface area contributed by atoms with Gasteiger partial charge in [-0.05, 0) is 38.0 Å². The lowest BCUT2D eigenvalue weighted by Gasteiger charge is -2.31. The average Bonchev–Trinajstić information content (AvgIpc) is 2.62. The number of piperidine rings is 1. The van der Waals surface area contributed by atoms with Crippen LogP contribution in [-0.2, 0) is 9.47 Å². The number of carbonyl (C=O) groups excluding carboxylic acids is 3. The zero-order valence-corrected chi connectivity index (χ0v) is 14.4. The average molecular weight is 349 g/mol. The van der Waals surface area contributed by atoms with Gasteiger partial charge in [0, 0.05) is 24.8 Å². The monoisotopic (exact) mass is 349 g/mol. The number of hydrogen-bond donors (Lipinski definition) is 2. The van der Waals surface area contributed by atoms with Gasteiger partial charge >= 0.3 is 18.1 Å². The van der Waals surface area contributed by atoms with Crippen molar-refractivity contribution in [3.8, 4) is 0 Å². The molecular formula is C17H23N3O5. The second kappa shape index (κ2) is 8.91. The molecule has 1 aromatic carbocycles. The first kappa shape index (κ1) is 18.6. The summed E-state index contributed by atoms with van der Waals surface area (Å²) < 4.78 is 9.62. The highest BCUT2D eigenvalue weighted by Crippen LogP contribution is 2.14. The molecule has 0 aromatic heterocycles. The predicted molar refractivity (Wildman–Crippen MR) is 91.6 cm³/mol. The molecule has 0 saturated carbocycles. The molecular weight excluding hydrogens is 326 g/mol. The van der Waals surface area contributed by atoms with Crippen molar-refractivity contribution in [2.75, 3.05) is 32.1 Å². The zero-order valence-electron chi connectivity index (χ0n) is 14.4. The van der Waals surface area contributed by atoms with Gasteiger partial charge in [0.1, 0.15) is 0 Å². The van der Waals surface area contributed by atoms with Gasteiger partial charge in [-0.1, -0.05) is 6.07 Å². The van der Waals surface area contributed by atoms with Crippen LogP contribution < -0.4 is 10.6 Å². The maximum absolute atomic E-state index is 12.1. The smallest absolute Gasteiger partial charge is 0.409 e. The van der Waals surface area contributed by atoms with E-state index in [9.17, 15) is 14.4 Å². The molecule has 0 atom stereocenters. The SMILES string of the molecule is CCOC(=O)N1CCC(NC(=O)Nc2cccc(C(=O)OC)c2)CC1. The number of benzene rings is 1. The Balaban J connectivity index is 1.81. The van der Waals surface area contributed by atoms with Gasteiger partial charge in [0.15, 0.2) is 0 Å². The van der Waals surface area contributed by atoms with Crippen molar-refractivity contribution >= 4 is 23.8 Å². The highest BCUT2D eigenvalue weighted by atomic mass is 16.6. The molecule has 3 amide bonds. The maximum atomic E-state index is 12.1. The molecule has 1 aromatic rings. The molecule has 8 nitrogen and oxygen atoms in total. The highest BCUT2D eigenvalue weighted by Gasteiger charge is 2.24. The molecule has 1 heterocycles. The molecule has 0 unspecified atom stereocenters. The lowest BCUT2D eigenvalue weighted by molar-refractivity contribution is 0.0600. The Bertz CT molecular complexity index is 626. The van der Waals surface area contributed by atoms with Crippen LogP contribution in [0.2, 0.25) is 0 Å². The summed E-state index contributed by atoms with van der Waals surface area (Å²) in [6.07, 6.45) is 1.01. The zero-order chi connectivity index (χ0) is 18.2. The molecule has 0 aliphatic carbocycles. The number of amides is 3. The quantitative estimate of drug-likeness (QED) is 0.813. The Labute approximate surface area is 146 Å². The first-order valence-corrected chi connectivity index (χ1v) is 8.21. The normalized spacial score (nSPS) is 14.6. The van der Waals surface area contributed by atoms with Gasteiger partial charge in [-0.3, -0.25) is 0 Å². The lowest BCUT2D eigenvalue weighted by atomic mass is 10.1. The Morgan fingerprint density at radius 2 is 1.96 bits per heavy atom. The van der Waals surface area contributed by atoms with Crippen molar-refractivity contribution in [2.45, 2.75) is 25.8 Å². The fourth-order valence-corrected chi connectivity index (χ4v) is 2.62. The second-order valence-electron chi connectivity index (χ2n) is 5.63. The van der Waals surface area contributed by atoms with Crippen LogP contribution in [0.3, 0.4) is 0 Å². The van der Waals surface area contributed by atoms with Crippen LogP contribution in [0, 0.1) is 0 Å². The van der Waals surface area contributed by atoms with E-state index < -0.39 is 5.97 Å². The number of hydrogen-bond acceptors (Lipinski definition) is 5. The van der Waals surface area contributed by atoms with E-state index in [-0.39, 0.29) is 18.2 Å². The Morgan fingerprint density at radius 3 is 2.60 bits per heavy atom. The third kappa shape index (κ3) is 5.37. The van der Waals surface area contributed by atoms with Crippen LogP contribution >= 0.6 is 0 Å². The summed E-state index contributed by atoms with van der Waals surface area (Å²) in [5.41, 5.74) is 0.868. The number of rotatable bonds is 4. The summed E-state index contributed by atoms with van der Waals surface area (Å²) in [5, 5.41) is 5.58. The number of ether oxygens (including phenoxy) is 2. The minimum atomic E-state index is -0.463. The predicted octanol–water partition coefficient (Wildman–Crippen LogP) is 2.22. The topological polar surface area (TPSA) is 97.0 Å². The number of methoxy groups -OCH3 is 1. The highest BCUT2D eigenvalue weighted by molar-refractivity contribution is 5.93. The summed E-state index contributed by atoms with van der Waals surface area (Å²) in [7, 11) is 1.30. The van der Waals surface area contributed by atoms with Crippen molar-refractivity contribution in [3.05, 3.63) is 29.8 Å². The van der Waals surface area contributed by atoms with Crippen LogP contribution in [0.15, 0.2) is 24.3 Å². The van der Waals surface area contributed by atoms with Crippen LogP contribution in [0.1, 0.15) is 30.1 Å². The van der Waals surface area contributed by atoms with Gasteiger partial charge in [0.05, 0.1) is 19.3 Å². The van der Waals surface area contributed by atoms with E-state index in [1.165, 1.54) is 7.11 Å². The van der Waals surface area contributed by atoms with Gasteiger partial charge < -0.3 is 25.0 Å². The van der Waals surface area contributed by atoms with E-state index in [0.717, 1.165) is 0 Å². The van der Waals surface area contributed by atoms with Crippen molar-refractivity contribution in [1.82, 2.24) is 10.2 Å². The number of urea groups is 1. The molecule has 1 aliphatic heterocycles. The van der Waals surface area contributed by atoms with Crippen molar-refractivity contribution in [1.29, 1.82) is 0 Å². The molecule has 1 aliphatic rings. The molecule has 8 heteroatoms. The number of likely N-dealkylation sites (tertiary alicyclic amines) is 1. The Kier molecular flexibility index (Phi) is 6.62. The minimum Gasteiger partial charge on any atom is -0.465 e. The van der Waals surface area contributed by atoms with Crippen molar-refractivity contribution in [3.63, 3.8) is 0 Å². The molecule has 1 saturated heterocycles. The second-order valence-corrected chi connectivity index (χ2v) is 5.63. The fourth-order valence-electron chi connectivity index (χ4n) is 2.62. The number of nitrogens with one attached hydrogen (secondary N) is 2. The summed E-state index contributed by atoms with van der Waals surface area (Å²) in [6, 6.07) is 6.15. The Morgan fingerprint density at radius 1 is 1.24 bits per heavy atom. The standard InChI is InChI=1S/C17H23N3O5/c1-3-25-17(23)20-9-7-13(8-10-20)18-16(22)19-14-6-4-5-12(11-14)15(21)24-2/h4-6,11,13H,3,7-10H2,1-2H3,(H2,18,19,22). The van der Waals surface area contributed by atoms with E-state index in [1.807, 2.05) is 0 Å². The molecule has 2 rings (SSSR count). The fraction of sp³-hybridized carbons (Fsp3) is 0.471. The summed E-state index contributed by atoms with van der Waals surface area (Å²) in [6.45, 7) is 3.21. The minimum absolute atomic E-state index is 0.0190. The van der Waals surface area contributed by atoms with Crippen molar-refractivity contribution < 1.29 is 23.9 Å². The van der Waals surface area contributed by atoms with Crippen LogP contribution in [0.4, 0.5) is 15.3 Å².